The number of nitrogens with two attached hydrogens (primary N) is 1. The van der Waals surface area contributed by atoms with Gasteiger partial charge in [-0.25, -0.2) is 0 Å². The summed E-state index contributed by atoms with van der Waals surface area (Å²) in [5, 5.41) is 3.59. The Kier molecular flexibility index (Phi) is 5.88. The summed E-state index contributed by atoms with van der Waals surface area (Å²) in [5.74, 6) is 1.05. The molecule has 0 aromatic rings. The topological polar surface area (TPSA) is 38.0 Å². The monoisotopic (exact) mass is 236 g/mol. The fraction of sp³-hybridized carbons (Fsp3) is 1.00. The molecule has 0 aromatic carbocycles. The molecule has 0 aliphatic carbocycles. The van der Waals surface area contributed by atoms with Crippen LogP contribution in [0.4, 0.5) is 0 Å². The summed E-state index contributed by atoms with van der Waals surface area (Å²) in [4.78, 5) is 0. The van der Waals surface area contributed by atoms with Gasteiger partial charge in [-0.3, -0.25) is 0 Å². The number of nitrogens with one attached hydrogen (secondary N) is 1. The molecule has 0 aliphatic rings. The van der Waals surface area contributed by atoms with Gasteiger partial charge in [0.05, 0.1) is 5.37 Å². The summed E-state index contributed by atoms with van der Waals surface area (Å²) in [6.45, 7) is 11.5. The van der Waals surface area contributed by atoms with Crippen LogP contribution in [0.3, 0.4) is 0 Å². The van der Waals surface area contributed by atoms with Gasteiger partial charge in [0.25, 0.3) is 0 Å². The second-order valence-corrected chi connectivity index (χ2v) is 7.39. The molecule has 0 fully saturated rings. The maximum atomic E-state index is 6.07. The van der Waals surface area contributed by atoms with Crippen LogP contribution in [-0.2, 0) is 0 Å². The lowest BCUT2D eigenvalue weighted by atomic mass is 10.0. The highest BCUT2D eigenvalue weighted by molar-refractivity contribution is 7.99. The third kappa shape index (κ3) is 6.17. The number of hydrogen-bond acceptors (Lipinski definition) is 4. The molecule has 0 saturated heterocycles. The molecule has 0 amide bonds. The summed E-state index contributed by atoms with van der Waals surface area (Å²) < 4.78 is 0.00781. The minimum absolute atomic E-state index is 0.00781. The molecule has 1 unspecified atom stereocenters. The van der Waals surface area contributed by atoms with Gasteiger partial charge in [0.15, 0.2) is 0 Å². The van der Waals surface area contributed by atoms with Crippen LogP contribution in [0.15, 0.2) is 0 Å². The zero-order valence-electron chi connectivity index (χ0n) is 9.92. The molecule has 1 atom stereocenters. The molecule has 3 N–H and O–H groups in total. The zero-order chi connectivity index (χ0) is 11.4. The maximum absolute atomic E-state index is 6.07. The minimum atomic E-state index is -0.0410. The largest absolute Gasteiger partial charge is 0.318 e. The first-order valence-electron chi connectivity index (χ1n) is 5.03. The minimum Gasteiger partial charge on any atom is -0.318 e. The highest BCUT2D eigenvalue weighted by Crippen LogP contribution is 2.20. The van der Waals surface area contributed by atoms with Crippen molar-refractivity contribution in [1.29, 1.82) is 0 Å². The van der Waals surface area contributed by atoms with Gasteiger partial charge >= 0.3 is 0 Å². The predicted octanol–water partition coefficient (Wildman–Crippen LogP) is 2.10. The van der Waals surface area contributed by atoms with Crippen molar-refractivity contribution in [2.24, 2.45) is 5.73 Å². The van der Waals surface area contributed by atoms with Crippen molar-refractivity contribution in [2.45, 2.75) is 50.3 Å². The SMILES string of the molecule is CCSC(N)C(C)(C)NCC(C)(C)S. The van der Waals surface area contributed by atoms with E-state index < -0.39 is 0 Å². The van der Waals surface area contributed by atoms with E-state index in [1.165, 1.54) is 0 Å². The van der Waals surface area contributed by atoms with Crippen LogP contribution >= 0.6 is 24.4 Å². The highest BCUT2D eigenvalue weighted by atomic mass is 32.2. The van der Waals surface area contributed by atoms with E-state index in [9.17, 15) is 0 Å². The van der Waals surface area contributed by atoms with Crippen LogP contribution in [0.25, 0.3) is 0 Å². The Morgan fingerprint density at radius 1 is 1.36 bits per heavy atom. The Hall–Kier alpha value is 0.620. The molecule has 0 rings (SSSR count). The lowest BCUT2D eigenvalue weighted by molar-refractivity contribution is 0.365. The first-order chi connectivity index (χ1) is 6.19. The Morgan fingerprint density at radius 3 is 2.21 bits per heavy atom. The molecular weight excluding hydrogens is 212 g/mol. The van der Waals surface area contributed by atoms with E-state index in [1.807, 2.05) is 0 Å². The molecule has 0 radical (unpaired) electrons. The van der Waals surface area contributed by atoms with Crippen LogP contribution in [0, 0.1) is 0 Å². The van der Waals surface area contributed by atoms with Gasteiger partial charge in [0, 0.05) is 16.8 Å². The van der Waals surface area contributed by atoms with Crippen molar-refractivity contribution in [3.63, 3.8) is 0 Å². The number of hydrogen-bond donors (Lipinski definition) is 3. The van der Waals surface area contributed by atoms with Gasteiger partial charge < -0.3 is 11.1 Å². The van der Waals surface area contributed by atoms with Gasteiger partial charge in [0.2, 0.25) is 0 Å². The molecule has 0 heterocycles. The van der Waals surface area contributed by atoms with Gasteiger partial charge in [0.1, 0.15) is 0 Å². The third-order valence-electron chi connectivity index (χ3n) is 2.03. The second kappa shape index (κ2) is 5.64. The molecule has 0 aliphatic heterocycles. The van der Waals surface area contributed by atoms with Crippen molar-refractivity contribution < 1.29 is 0 Å². The van der Waals surface area contributed by atoms with Crippen molar-refractivity contribution in [3.8, 4) is 0 Å². The average molecular weight is 236 g/mol. The Labute approximate surface area is 98.2 Å². The Bertz CT molecular complexity index is 164. The van der Waals surface area contributed by atoms with E-state index in [0.29, 0.717) is 0 Å². The summed E-state index contributed by atoms with van der Waals surface area (Å²) in [5.41, 5.74) is 6.03. The maximum Gasteiger partial charge on any atom is 0.0686 e. The van der Waals surface area contributed by atoms with Crippen molar-refractivity contribution in [3.05, 3.63) is 0 Å². The molecule has 0 saturated carbocycles. The summed E-state index contributed by atoms with van der Waals surface area (Å²) >= 11 is 6.26. The van der Waals surface area contributed by atoms with Gasteiger partial charge in [-0.2, -0.15) is 12.6 Å². The fourth-order valence-corrected chi connectivity index (χ4v) is 1.87. The number of thiol groups is 1. The van der Waals surface area contributed by atoms with Gasteiger partial charge in [-0.15, -0.1) is 11.8 Å². The normalized spacial score (nSPS) is 15.6. The van der Waals surface area contributed by atoms with E-state index in [4.69, 9.17) is 5.73 Å². The van der Waals surface area contributed by atoms with Crippen LogP contribution < -0.4 is 11.1 Å². The van der Waals surface area contributed by atoms with Crippen LogP contribution in [0.5, 0.6) is 0 Å². The van der Waals surface area contributed by atoms with Crippen molar-refractivity contribution in [1.82, 2.24) is 5.32 Å². The predicted molar refractivity (Wildman–Crippen MR) is 71.3 cm³/mol. The summed E-state index contributed by atoms with van der Waals surface area (Å²) in [6.07, 6.45) is 0. The Morgan fingerprint density at radius 2 is 1.86 bits per heavy atom. The summed E-state index contributed by atoms with van der Waals surface area (Å²) in [7, 11) is 0. The van der Waals surface area contributed by atoms with E-state index in [-0.39, 0.29) is 15.7 Å². The van der Waals surface area contributed by atoms with Crippen LogP contribution in [0.1, 0.15) is 34.6 Å². The van der Waals surface area contributed by atoms with E-state index >= 15 is 0 Å². The standard InChI is InChI=1S/C10H24N2S2/c1-6-14-8(11)10(4,5)12-7-9(2,3)13/h8,12-13H,6-7,11H2,1-5H3. The fourth-order valence-electron chi connectivity index (χ4n) is 0.933. The zero-order valence-corrected chi connectivity index (χ0v) is 11.6. The van der Waals surface area contributed by atoms with E-state index in [2.05, 4.69) is 52.6 Å². The number of rotatable bonds is 6. The highest BCUT2D eigenvalue weighted by Gasteiger charge is 2.27. The van der Waals surface area contributed by atoms with Gasteiger partial charge in [-0.1, -0.05) is 6.92 Å². The molecule has 86 valence electrons. The first kappa shape index (κ1) is 14.6. The molecule has 0 bridgehead atoms. The lowest BCUT2D eigenvalue weighted by Crippen LogP contribution is -2.54. The number of thioether (sulfide) groups is 1. The molecule has 0 aromatic heterocycles. The quantitative estimate of drug-likeness (QED) is 0.488. The average Bonchev–Trinajstić information content (AvgIpc) is 2.00. The molecule has 2 nitrogen and oxygen atoms in total. The van der Waals surface area contributed by atoms with Crippen molar-refractivity contribution in [2.75, 3.05) is 12.3 Å². The summed E-state index contributed by atoms with van der Waals surface area (Å²) in [6, 6.07) is 0. The Balaban J connectivity index is 4.06. The van der Waals surface area contributed by atoms with E-state index in [1.54, 1.807) is 11.8 Å². The van der Waals surface area contributed by atoms with Crippen LogP contribution in [-0.4, -0.2) is 28.0 Å². The molecule has 4 heteroatoms. The van der Waals surface area contributed by atoms with Gasteiger partial charge in [-0.05, 0) is 33.4 Å². The van der Waals surface area contributed by atoms with E-state index in [0.717, 1.165) is 12.3 Å². The lowest BCUT2D eigenvalue weighted by Gasteiger charge is -2.34. The molecule has 0 spiro atoms. The first-order valence-corrected chi connectivity index (χ1v) is 6.53. The smallest absolute Gasteiger partial charge is 0.0686 e. The second-order valence-electron chi connectivity index (χ2n) is 4.76. The van der Waals surface area contributed by atoms with Crippen molar-refractivity contribution >= 4 is 24.4 Å². The molecular formula is C10H24N2S2. The third-order valence-corrected chi connectivity index (χ3v) is 3.47. The van der Waals surface area contributed by atoms with Crippen LogP contribution in [0.2, 0.25) is 0 Å². The molecule has 14 heavy (non-hydrogen) atoms.